The van der Waals surface area contributed by atoms with Crippen molar-refractivity contribution in [3.05, 3.63) is 68.4 Å². The number of hydrogen-bond acceptors (Lipinski definition) is 6. The number of rotatable bonds is 4. The number of pyridine rings is 2. The van der Waals surface area contributed by atoms with Crippen molar-refractivity contribution >= 4 is 34.1 Å². The molecule has 1 atom stereocenters. The summed E-state index contributed by atoms with van der Waals surface area (Å²) >= 11 is 5.97. The molecule has 0 bridgehead atoms. The van der Waals surface area contributed by atoms with Gasteiger partial charge in [-0.25, -0.2) is 31.9 Å². The summed E-state index contributed by atoms with van der Waals surface area (Å²) in [7, 11) is 0. The molecule has 4 aromatic rings. The van der Waals surface area contributed by atoms with Gasteiger partial charge in [0, 0.05) is 18.8 Å². The standard InChI is InChI=1S/C28H27ClF4N6O/c1-12(2)23-25(13(3)8-9-35-23)39-27-15(26(37-28(39)40)38-10-6-5-7-14(38)4)11-16(30)24(36-27)17-18(29)20(32)21(33)22(34)19(17)31/h8-9,11-12,14H,5-7,10,34H2,1-4H3/t14-/m0/s1. The lowest BCUT2D eigenvalue weighted by atomic mass is 10.0. The van der Waals surface area contributed by atoms with Crippen LogP contribution in [0, 0.1) is 30.2 Å². The SMILES string of the molecule is Cc1ccnc(C(C)C)c1-n1c(=O)nc(N2CCCC[C@@H]2C)c2cc(F)c(-c3c(F)c(N)c(F)c(F)c3Cl)nc21. The molecule has 210 valence electrons. The Hall–Kier alpha value is -3.73. The molecule has 1 saturated heterocycles. The molecule has 4 heterocycles. The second-order valence-electron chi connectivity index (χ2n) is 10.3. The zero-order chi connectivity index (χ0) is 29.0. The number of aryl methyl sites for hydroxylation is 1. The van der Waals surface area contributed by atoms with Gasteiger partial charge in [0.25, 0.3) is 0 Å². The van der Waals surface area contributed by atoms with Crippen molar-refractivity contribution in [2.24, 2.45) is 0 Å². The van der Waals surface area contributed by atoms with Crippen LogP contribution in [0.1, 0.15) is 57.2 Å². The van der Waals surface area contributed by atoms with Crippen LogP contribution in [0.25, 0.3) is 28.0 Å². The summed E-state index contributed by atoms with van der Waals surface area (Å²) in [6.45, 7) is 8.14. The van der Waals surface area contributed by atoms with Crippen LogP contribution in [-0.4, -0.2) is 32.1 Å². The Morgan fingerprint density at radius 2 is 1.82 bits per heavy atom. The predicted molar refractivity (Wildman–Crippen MR) is 147 cm³/mol. The maximum absolute atomic E-state index is 15.8. The fraction of sp³-hybridized carbons (Fsp3) is 0.357. The number of anilines is 2. The van der Waals surface area contributed by atoms with Crippen molar-refractivity contribution in [2.45, 2.75) is 58.9 Å². The number of piperidine rings is 1. The zero-order valence-corrected chi connectivity index (χ0v) is 23.1. The summed E-state index contributed by atoms with van der Waals surface area (Å²) in [5.41, 5.74) is 3.50. The second kappa shape index (κ2) is 10.3. The highest BCUT2D eigenvalue weighted by Gasteiger charge is 2.30. The first-order valence-corrected chi connectivity index (χ1v) is 13.3. The normalized spacial score (nSPS) is 15.8. The predicted octanol–water partition coefficient (Wildman–Crippen LogP) is 6.45. The highest BCUT2D eigenvalue weighted by Crippen LogP contribution is 2.40. The van der Waals surface area contributed by atoms with Crippen LogP contribution in [-0.2, 0) is 0 Å². The molecule has 0 aliphatic carbocycles. The molecule has 0 amide bonds. The lowest BCUT2D eigenvalue weighted by Crippen LogP contribution is -2.40. The Labute approximate surface area is 232 Å². The summed E-state index contributed by atoms with van der Waals surface area (Å²) in [5.74, 6) is -5.78. The molecular weight excluding hydrogens is 548 g/mol. The Morgan fingerprint density at radius 3 is 2.50 bits per heavy atom. The van der Waals surface area contributed by atoms with Crippen molar-refractivity contribution in [2.75, 3.05) is 17.2 Å². The molecule has 0 saturated carbocycles. The minimum absolute atomic E-state index is 0.00618. The molecule has 7 nitrogen and oxygen atoms in total. The fourth-order valence-corrected chi connectivity index (χ4v) is 5.51. The van der Waals surface area contributed by atoms with Gasteiger partial charge in [0.05, 0.1) is 27.4 Å². The third-order valence-electron chi connectivity index (χ3n) is 7.34. The molecule has 3 aromatic heterocycles. The number of nitrogen functional groups attached to an aromatic ring is 1. The highest BCUT2D eigenvalue weighted by atomic mass is 35.5. The van der Waals surface area contributed by atoms with Gasteiger partial charge >= 0.3 is 5.69 Å². The van der Waals surface area contributed by atoms with Gasteiger partial charge in [-0.15, -0.1) is 0 Å². The van der Waals surface area contributed by atoms with Crippen LogP contribution in [0.5, 0.6) is 0 Å². The van der Waals surface area contributed by atoms with Crippen LogP contribution in [0.4, 0.5) is 29.1 Å². The number of nitrogens with zero attached hydrogens (tertiary/aromatic N) is 5. The van der Waals surface area contributed by atoms with E-state index in [0.29, 0.717) is 23.5 Å². The van der Waals surface area contributed by atoms with E-state index >= 15 is 8.78 Å². The van der Waals surface area contributed by atoms with Crippen molar-refractivity contribution in [1.29, 1.82) is 0 Å². The first-order valence-electron chi connectivity index (χ1n) is 12.9. The van der Waals surface area contributed by atoms with Crippen molar-refractivity contribution in [3.8, 4) is 16.9 Å². The van der Waals surface area contributed by atoms with E-state index < -0.39 is 50.9 Å². The molecule has 0 unspecified atom stereocenters. The lowest BCUT2D eigenvalue weighted by Gasteiger charge is -2.35. The monoisotopic (exact) mass is 574 g/mol. The van der Waals surface area contributed by atoms with Gasteiger partial charge in [-0.3, -0.25) is 4.98 Å². The Kier molecular flexibility index (Phi) is 7.20. The van der Waals surface area contributed by atoms with Crippen LogP contribution in [0.15, 0.2) is 23.1 Å². The van der Waals surface area contributed by atoms with Gasteiger partial charge in [-0.1, -0.05) is 25.4 Å². The van der Waals surface area contributed by atoms with E-state index in [0.717, 1.165) is 25.3 Å². The second-order valence-corrected chi connectivity index (χ2v) is 10.7. The number of hydrogen-bond donors (Lipinski definition) is 1. The van der Waals surface area contributed by atoms with Crippen LogP contribution in [0.2, 0.25) is 5.02 Å². The molecule has 1 aliphatic rings. The lowest BCUT2D eigenvalue weighted by molar-refractivity contribution is 0.481. The van der Waals surface area contributed by atoms with Gasteiger partial charge in [0.1, 0.15) is 17.2 Å². The maximum Gasteiger partial charge on any atom is 0.355 e. The van der Waals surface area contributed by atoms with Gasteiger partial charge in [0.15, 0.2) is 28.9 Å². The van der Waals surface area contributed by atoms with Crippen LogP contribution >= 0.6 is 11.6 Å². The van der Waals surface area contributed by atoms with E-state index in [1.165, 1.54) is 4.57 Å². The zero-order valence-electron chi connectivity index (χ0n) is 22.3. The summed E-state index contributed by atoms with van der Waals surface area (Å²) in [4.78, 5) is 28.9. The first-order chi connectivity index (χ1) is 18.9. The molecule has 1 fully saturated rings. The molecule has 5 rings (SSSR count). The van der Waals surface area contributed by atoms with E-state index in [2.05, 4.69) is 15.0 Å². The summed E-state index contributed by atoms with van der Waals surface area (Å²) in [6.07, 6.45) is 4.29. The average Bonchev–Trinajstić information content (AvgIpc) is 2.92. The van der Waals surface area contributed by atoms with Gasteiger partial charge in [0.2, 0.25) is 0 Å². The minimum atomic E-state index is -1.69. The number of nitrogens with two attached hydrogens (primary N) is 1. The Morgan fingerprint density at radius 1 is 1.10 bits per heavy atom. The molecule has 0 spiro atoms. The molecule has 12 heteroatoms. The fourth-order valence-electron chi connectivity index (χ4n) is 5.26. The highest BCUT2D eigenvalue weighted by molar-refractivity contribution is 6.33. The largest absolute Gasteiger partial charge is 0.394 e. The van der Waals surface area contributed by atoms with E-state index in [1.54, 1.807) is 19.2 Å². The minimum Gasteiger partial charge on any atom is -0.394 e. The Balaban J connectivity index is 1.95. The molecule has 1 aliphatic heterocycles. The molecule has 1 aromatic carbocycles. The van der Waals surface area contributed by atoms with Crippen molar-refractivity contribution in [3.63, 3.8) is 0 Å². The topological polar surface area (TPSA) is 89.9 Å². The van der Waals surface area contributed by atoms with Crippen molar-refractivity contribution in [1.82, 2.24) is 19.5 Å². The first kappa shape index (κ1) is 27.8. The smallest absolute Gasteiger partial charge is 0.355 e. The van der Waals surface area contributed by atoms with E-state index in [-0.39, 0.29) is 28.8 Å². The number of benzene rings is 1. The third-order valence-corrected chi connectivity index (χ3v) is 7.69. The summed E-state index contributed by atoms with van der Waals surface area (Å²) < 4.78 is 60.8. The van der Waals surface area contributed by atoms with E-state index in [9.17, 15) is 13.6 Å². The van der Waals surface area contributed by atoms with Crippen LogP contribution in [0.3, 0.4) is 0 Å². The Bertz CT molecular complexity index is 1700. The van der Waals surface area contributed by atoms with Gasteiger partial charge in [-0.2, -0.15) is 4.98 Å². The summed E-state index contributed by atoms with van der Waals surface area (Å²) in [6, 6.07) is 2.77. The summed E-state index contributed by atoms with van der Waals surface area (Å²) in [5, 5.41) is -0.845. The molecular formula is C28H27ClF4N6O. The molecule has 40 heavy (non-hydrogen) atoms. The maximum atomic E-state index is 15.8. The molecule has 2 N–H and O–H groups in total. The third kappa shape index (κ3) is 4.36. The quantitative estimate of drug-likeness (QED) is 0.130. The number of aromatic nitrogens is 4. The van der Waals surface area contributed by atoms with E-state index in [4.69, 9.17) is 17.3 Å². The van der Waals surface area contributed by atoms with Crippen LogP contribution < -0.4 is 16.3 Å². The van der Waals surface area contributed by atoms with Crippen molar-refractivity contribution < 1.29 is 17.6 Å². The average molecular weight is 575 g/mol. The van der Waals surface area contributed by atoms with Gasteiger partial charge in [-0.05, 0) is 56.7 Å². The number of halogens is 5. The molecule has 0 radical (unpaired) electrons. The van der Waals surface area contributed by atoms with E-state index in [1.807, 2.05) is 25.7 Å². The number of fused-ring (bicyclic) bond motifs is 1. The van der Waals surface area contributed by atoms with Gasteiger partial charge < -0.3 is 10.6 Å².